The molecule has 1 aromatic carbocycles. The minimum Gasteiger partial charge on any atom is -0.490 e. The van der Waals surface area contributed by atoms with Gasteiger partial charge in [0, 0.05) is 11.4 Å². The third-order valence-corrected chi connectivity index (χ3v) is 2.29. The van der Waals surface area contributed by atoms with E-state index in [1.54, 1.807) is 0 Å². The van der Waals surface area contributed by atoms with Crippen LogP contribution in [0.2, 0.25) is 0 Å². The molecule has 0 N–H and O–H groups in total. The minimum absolute atomic E-state index is 0.208. The molecule has 0 unspecified atom stereocenters. The van der Waals surface area contributed by atoms with Crippen LogP contribution in [0.3, 0.4) is 0 Å². The van der Waals surface area contributed by atoms with Crippen LogP contribution in [0.4, 0.5) is 14.5 Å². The standard InChI is InChI=1S/C9H8BrF2NO3/c10-2-1-3-16-9-5-6(11)8(13(14)15)4-7(9)12/h4-5H,1-3H2. The van der Waals surface area contributed by atoms with Crippen LogP contribution in [0, 0.1) is 21.7 Å². The highest BCUT2D eigenvalue weighted by atomic mass is 79.9. The summed E-state index contributed by atoms with van der Waals surface area (Å²) in [6.07, 6.45) is 0.623. The fraction of sp³-hybridized carbons (Fsp3) is 0.333. The highest BCUT2D eigenvalue weighted by molar-refractivity contribution is 9.09. The molecule has 0 saturated heterocycles. The Balaban J connectivity index is 2.88. The Bertz CT molecular complexity index is 401. The van der Waals surface area contributed by atoms with Gasteiger partial charge >= 0.3 is 5.69 Å². The maximum Gasteiger partial charge on any atom is 0.307 e. The molecular formula is C9H8BrF2NO3. The molecule has 0 aliphatic heterocycles. The van der Waals surface area contributed by atoms with Crippen molar-refractivity contribution in [1.82, 2.24) is 0 Å². The third-order valence-electron chi connectivity index (χ3n) is 1.73. The first kappa shape index (κ1) is 12.8. The number of ether oxygens (including phenoxy) is 1. The molecule has 0 heterocycles. The van der Waals surface area contributed by atoms with Gasteiger partial charge in [-0.15, -0.1) is 0 Å². The summed E-state index contributed by atoms with van der Waals surface area (Å²) < 4.78 is 31.2. The number of hydrogen-bond donors (Lipinski definition) is 0. The number of nitro groups is 1. The van der Waals surface area contributed by atoms with Crippen molar-refractivity contribution in [3.05, 3.63) is 33.9 Å². The Morgan fingerprint density at radius 1 is 1.38 bits per heavy atom. The van der Waals surface area contributed by atoms with Gasteiger partial charge in [0.05, 0.1) is 17.6 Å². The molecule has 0 radical (unpaired) electrons. The summed E-state index contributed by atoms with van der Waals surface area (Å²) in [5.41, 5.74) is -0.898. The van der Waals surface area contributed by atoms with Crippen LogP contribution in [0.15, 0.2) is 12.1 Å². The predicted octanol–water partition coefficient (Wildman–Crippen LogP) is 3.04. The van der Waals surface area contributed by atoms with E-state index in [2.05, 4.69) is 15.9 Å². The van der Waals surface area contributed by atoms with Gasteiger partial charge in [-0.1, -0.05) is 15.9 Å². The molecular weight excluding hydrogens is 288 g/mol. The van der Waals surface area contributed by atoms with E-state index >= 15 is 0 Å². The van der Waals surface area contributed by atoms with E-state index in [-0.39, 0.29) is 12.4 Å². The summed E-state index contributed by atoms with van der Waals surface area (Å²) in [5.74, 6) is -2.37. The highest BCUT2D eigenvalue weighted by Gasteiger charge is 2.19. The molecule has 16 heavy (non-hydrogen) atoms. The topological polar surface area (TPSA) is 52.4 Å². The van der Waals surface area contributed by atoms with Crippen LogP contribution in [0.25, 0.3) is 0 Å². The van der Waals surface area contributed by atoms with Crippen LogP contribution >= 0.6 is 15.9 Å². The number of benzene rings is 1. The summed E-state index contributed by atoms with van der Waals surface area (Å²) >= 11 is 3.15. The van der Waals surface area contributed by atoms with Crippen molar-refractivity contribution in [2.24, 2.45) is 0 Å². The van der Waals surface area contributed by atoms with Crippen molar-refractivity contribution in [2.75, 3.05) is 11.9 Å². The first-order valence-electron chi connectivity index (χ1n) is 4.38. The largest absolute Gasteiger partial charge is 0.490 e. The summed E-state index contributed by atoms with van der Waals surface area (Å²) in [5, 5.41) is 11.0. The lowest BCUT2D eigenvalue weighted by Gasteiger charge is -2.06. The van der Waals surface area contributed by atoms with E-state index in [1.807, 2.05) is 0 Å². The smallest absolute Gasteiger partial charge is 0.307 e. The van der Waals surface area contributed by atoms with Gasteiger partial charge < -0.3 is 4.74 Å². The average molecular weight is 296 g/mol. The fourth-order valence-electron chi connectivity index (χ4n) is 1.01. The quantitative estimate of drug-likeness (QED) is 0.363. The van der Waals surface area contributed by atoms with E-state index in [4.69, 9.17) is 4.74 Å². The molecule has 1 rings (SSSR count). The molecule has 88 valence electrons. The number of nitro benzene ring substituents is 1. The van der Waals surface area contributed by atoms with Crippen LogP contribution in [-0.4, -0.2) is 16.9 Å². The second kappa shape index (κ2) is 5.74. The zero-order valence-electron chi connectivity index (χ0n) is 8.08. The Morgan fingerprint density at radius 3 is 2.62 bits per heavy atom. The molecule has 0 atom stereocenters. The normalized spacial score (nSPS) is 10.2. The van der Waals surface area contributed by atoms with E-state index in [9.17, 15) is 18.9 Å². The maximum absolute atomic E-state index is 13.2. The molecule has 4 nitrogen and oxygen atoms in total. The zero-order chi connectivity index (χ0) is 12.1. The molecule has 0 amide bonds. The summed E-state index contributed by atoms with van der Waals surface area (Å²) in [4.78, 5) is 9.31. The number of nitrogens with zero attached hydrogens (tertiary/aromatic N) is 1. The van der Waals surface area contributed by atoms with Crippen molar-refractivity contribution >= 4 is 21.6 Å². The fourth-order valence-corrected chi connectivity index (χ4v) is 1.23. The SMILES string of the molecule is O=[N+]([O-])c1cc(F)c(OCCCBr)cc1F. The predicted molar refractivity (Wildman–Crippen MR) is 56.9 cm³/mol. The zero-order valence-corrected chi connectivity index (χ0v) is 9.67. The molecule has 0 aliphatic rings. The number of alkyl halides is 1. The van der Waals surface area contributed by atoms with Crippen LogP contribution < -0.4 is 4.74 Å². The molecule has 0 fully saturated rings. The molecule has 0 bridgehead atoms. The van der Waals surface area contributed by atoms with Crippen molar-refractivity contribution in [3.8, 4) is 5.75 Å². The highest BCUT2D eigenvalue weighted by Crippen LogP contribution is 2.26. The summed E-state index contributed by atoms with van der Waals surface area (Å²) in [6.45, 7) is 0.208. The monoisotopic (exact) mass is 295 g/mol. The second-order valence-corrected chi connectivity index (χ2v) is 3.68. The lowest BCUT2D eigenvalue weighted by molar-refractivity contribution is -0.387. The van der Waals surface area contributed by atoms with Crippen molar-refractivity contribution < 1.29 is 18.4 Å². The van der Waals surface area contributed by atoms with Crippen LogP contribution in [0.5, 0.6) is 5.75 Å². The molecule has 0 spiro atoms. The van der Waals surface area contributed by atoms with Gasteiger partial charge in [0.15, 0.2) is 11.6 Å². The van der Waals surface area contributed by atoms with Gasteiger partial charge in [-0.3, -0.25) is 10.1 Å². The van der Waals surface area contributed by atoms with Gasteiger partial charge in [-0.2, -0.15) is 4.39 Å². The van der Waals surface area contributed by atoms with Gasteiger partial charge in [0.25, 0.3) is 0 Å². The van der Waals surface area contributed by atoms with Crippen molar-refractivity contribution in [1.29, 1.82) is 0 Å². The van der Waals surface area contributed by atoms with Crippen molar-refractivity contribution in [2.45, 2.75) is 6.42 Å². The molecule has 7 heteroatoms. The van der Waals surface area contributed by atoms with Gasteiger partial charge in [-0.25, -0.2) is 4.39 Å². The number of hydrogen-bond acceptors (Lipinski definition) is 3. The van der Waals surface area contributed by atoms with E-state index in [0.29, 0.717) is 23.9 Å². The minimum atomic E-state index is -1.11. The van der Waals surface area contributed by atoms with Gasteiger partial charge in [0.2, 0.25) is 5.82 Å². The first-order valence-corrected chi connectivity index (χ1v) is 5.50. The van der Waals surface area contributed by atoms with E-state index in [0.717, 1.165) is 0 Å². The summed E-state index contributed by atoms with van der Waals surface area (Å²) in [7, 11) is 0. The molecule has 0 aromatic heterocycles. The maximum atomic E-state index is 13.2. The third kappa shape index (κ3) is 3.13. The van der Waals surface area contributed by atoms with E-state index < -0.39 is 22.2 Å². The van der Waals surface area contributed by atoms with Crippen LogP contribution in [-0.2, 0) is 0 Å². The lowest BCUT2D eigenvalue weighted by atomic mass is 10.3. The lowest BCUT2D eigenvalue weighted by Crippen LogP contribution is -2.02. The molecule has 1 aromatic rings. The van der Waals surface area contributed by atoms with Gasteiger partial charge in [-0.05, 0) is 6.42 Å². The Hall–Kier alpha value is -1.24. The van der Waals surface area contributed by atoms with E-state index in [1.165, 1.54) is 0 Å². The Morgan fingerprint density at radius 2 is 2.06 bits per heavy atom. The number of rotatable bonds is 5. The van der Waals surface area contributed by atoms with Crippen LogP contribution in [0.1, 0.15) is 6.42 Å². The second-order valence-electron chi connectivity index (χ2n) is 2.88. The Kier molecular flexibility index (Phi) is 4.60. The summed E-state index contributed by atoms with van der Waals surface area (Å²) in [6, 6.07) is 1.19. The molecule has 0 saturated carbocycles. The Labute approximate surface area is 98.5 Å². The van der Waals surface area contributed by atoms with Crippen molar-refractivity contribution in [3.63, 3.8) is 0 Å². The molecule has 0 aliphatic carbocycles. The van der Waals surface area contributed by atoms with Gasteiger partial charge in [0.1, 0.15) is 0 Å². The average Bonchev–Trinajstić information content (AvgIpc) is 2.22. The number of halogens is 3. The first-order chi connectivity index (χ1) is 7.56.